The minimum absolute atomic E-state index is 0.0359. The summed E-state index contributed by atoms with van der Waals surface area (Å²) < 4.78 is 0. The maximum absolute atomic E-state index is 12.4. The smallest absolute Gasteiger partial charge is 0.319 e. The monoisotopic (exact) mass is 284 g/mol. The highest BCUT2D eigenvalue weighted by Crippen LogP contribution is 2.35. The first-order chi connectivity index (χ1) is 9.41. The summed E-state index contributed by atoms with van der Waals surface area (Å²) in [5, 5.41) is 9.37. The van der Waals surface area contributed by atoms with Gasteiger partial charge in [0.1, 0.15) is 0 Å². The number of carboxylic acid groups (broad SMARTS) is 1. The van der Waals surface area contributed by atoms with Crippen LogP contribution in [0.15, 0.2) is 0 Å². The Labute approximate surface area is 121 Å². The van der Waals surface area contributed by atoms with Gasteiger partial charge in [0, 0.05) is 26.2 Å². The van der Waals surface area contributed by atoms with Crippen molar-refractivity contribution in [3.8, 4) is 0 Å². The molecule has 1 aliphatic rings. The molecule has 1 N–H and O–H groups in total. The third-order valence-electron chi connectivity index (χ3n) is 4.91. The van der Waals surface area contributed by atoms with E-state index in [9.17, 15) is 14.7 Å². The zero-order valence-corrected chi connectivity index (χ0v) is 13.2. The number of amides is 2. The van der Waals surface area contributed by atoms with Crippen molar-refractivity contribution >= 4 is 12.0 Å². The summed E-state index contributed by atoms with van der Waals surface area (Å²) in [6.07, 6.45) is 3.64. The molecule has 0 aromatic carbocycles. The van der Waals surface area contributed by atoms with Crippen LogP contribution in [0.25, 0.3) is 0 Å². The highest BCUT2D eigenvalue weighted by atomic mass is 16.4. The summed E-state index contributed by atoms with van der Waals surface area (Å²) in [5.41, 5.74) is -0.635. The van der Waals surface area contributed by atoms with Gasteiger partial charge in [0.05, 0.1) is 5.41 Å². The van der Waals surface area contributed by atoms with Gasteiger partial charge < -0.3 is 14.9 Å². The zero-order chi connectivity index (χ0) is 15.3. The third kappa shape index (κ3) is 3.25. The molecule has 1 fully saturated rings. The predicted molar refractivity (Wildman–Crippen MR) is 78.7 cm³/mol. The van der Waals surface area contributed by atoms with E-state index >= 15 is 0 Å². The third-order valence-corrected chi connectivity index (χ3v) is 4.91. The molecule has 0 saturated carbocycles. The average molecular weight is 284 g/mol. The fourth-order valence-corrected chi connectivity index (χ4v) is 3.06. The van der Waals surface area contributed by atoms with E-state index in [0.717, 1.165) is 12.8 Å². The molecule has 0 aliphatic carbocycles. The lowest BCUT2D eigenvalue weighted by molar-refractivity contribution is -0.152. The number of carbonyl (C=O) groups excluding carboxylic acids is 1. The standard InChI is InChI=1S/C15H28N2O3/c1-5-12(6-2)16(4)14(20)17-10-8-15(7-3,9-11-17)13(18)19/h12H,5-11H2,1-4H3,(H,18,19). The van der Waals surface area contributed by atoms with Gasteiger partial charge in [0.25, 0.3) is 0 Å². The lowest BCUT2D eigenvalue weighted by Gasteiger charge is -2.40. The number of nitrogens with zero attached hydrogens (tertiary/aromatic N) is 2. The van der Waals surface area contributed by atoms with Gasteiger partial charge in [-0.05, 0) is 32.1 Å². The van der Waals surface area contributed by atoms with Crippen LogP contribution in [-0.4, -0.2) is 53.1 Å². The molecule has 1 rings (SSSR count). The van der Waals surface area contributed by atoms with Crippen LogP contribution in [0.5, 0.6) is 0 Å². The number of carbonyl (C=O) groups is 2. The maximum atomic E-state index is 12.4. The first-order valence-corrected chi connectivity index (χ1v) is 7.67. The van der Waals surface area contributed by atoms with E-state index in [1.807, 2.05) is 14.0 Å². The van der Waals surface area contributed by atoms with E-state index in [0.29, 0.717) is 32.4 Å². The fraction of sp³-hybridized carbons (Fsp3) is 0.867. The molecule has 116 valence electrons. The van der Waals surface area contributed by atoms with Crippen LogP contribution in [0.4, 0.5) is 4.79 Å². The number of likely N-dealkylation sites (tertiary alicyclic amines) is 1. The number of hydrogen-bond donors (Lipinski definition) is 1. The van der Waals surface area contributed by atoms with Gasteiger partial charge in [-0.1, -0.05) is 20.8 Å². The van der Waals surface area contributed by atoms with Crippen molar-refractivity contribution in [3.63, 3.8) is 0 Å². The van der Waals surface area contributed by atoms with E-state index in [4.69, 9.17) is 0 Å². The lowest BCUT2D eigenvalue weighted by atomic mass is 9.76. The van der Waals surface area contributed by atoms with Gasteiger partial charge in [-0.15, -0.1) is 0 Å². The minimum atomic E-state index is -0.722. The first-order valence-electron chi connectivity index (χ1n) is 7.67. The Morgan fingerprint density at radius 2 is 1.70 bits per heavy atom. The molecule has 0 aromatic heterocycles. The van der Waals surface area contributed by atoms with Crippen LogP contribution < -0.4 is 0 Å². The molecule has 0 aromatic rings. The molecule has 5 heteroatoms. The molecule has 2 amide bonds. The Balaban J connectivity index is 2.65. The minimum Gasteiger partial charge on any atom is -0.481 e. The van der Waals surface area contributed by atoms with Crippen LogP contribution in [0.1, 0.15) is 52.9 Å². The van der Waals surface area contributed by atoms with Crippen LogP contribution in [0.2, 0.25) is 0 Å². The molecule has 0 unspecified atom stereocenters. The van der Waals surface area contributed by atoms with Crippen LogP contribution >= 0.6 is 0 Å². The number of carboxylic acids is 1. The molecule has 1 saturated heterocycles. The molecule has 0 bridgehead atoms. The van der Waals surface area contributed by atoms with Gasteiger partial charge in [-0.25, -0.2) is 4.79 Å². The normalized spacial score (nSPS) is 18.1. The molecule has 5 nitrogen and oxygen atoms in total. The molecule has 1 aliphatic heterocycles. The topological polar surface area (TPSA) is 60.9 Å². The van der Waals surface area contributed by atoms with Crippen molar-refractivity contribution in [3.05, 3.63) is 0 Å². The van der Waals surface area contributed by atoms with E-state index in [-0.39, 0.29) is 12.1 Å². The Bertz CT molecular complexity index is 345. The fourth-order valence-electron chi connectivity index (χ4n) is 3.06. The number of piperidine rings is 1. The summed E-state index contributed by atoms with van der Waals surface area (Å²) in [6.45, 7) is 7.18. The summed E-state index contributed by atoms with van der Waals surface area (Å²) in [5.74, 6) is -0.722. The van der Waals surface area contributed by atoms with Gasteiger partial charge in [0.15, 0.2) is 0 Å². The molecule has 0 radical (unpaired) electrons. The summed E-state index contributed by atoms with van der Waals surface area (Å²) in [4.78, 5) is 27.4. The molecular weight excluding hydrogens is 256 g/mol. The van der Waals surface area contributed by atoms with Crippen molar-refractivity contribution < 1.29 is 14.7 Å². The SMILES string of the molecule is CCC(CC)N(C)C(=O)N1CCC(CC)(C(=O)O)CC1. The van der Waals surface area contributed by atoms with Crippen molar-refractivity contribution in [2.45, 2.75) is 58.9 Å². The van der Waals surface area contributed by atoms with Crippen molar-refractivity contribution in [2.24, 2.45) is 5.41 Å². The summed E-state index contributed by atoms with van der Waals surface area (Å²) in [6, 6.07) is 0.300. The van der Waals surface area contributed by atoms with Gasteiger partial charge >= 0.3 is 12.0 Å². The number of aliphatic carboxylic acids is 1. The molecule has 0 spiro atoms. The number of urea groups is 1. The molecule has 20 heavy (non-hydrogen) atoms. The average Bonchev–Trinajstić information content (AvgIpc) is 2.47. The Kier molecular flexibility index (Phi) is 5.84. The van der Waals surface area contributed by atoms with E-state index in [1.165, 1.54) is 0 Å². The Morgan fingerprint density at radius 1 is 1.20 bits per heavy atom. The molecular formula is C15H28N2O3. The van der Waals surface area contributed by atoms with Crippen molar-refractivity contribution in [2.75, 3.05) is 20.1 Å². The maximum Gasteiger partial charge on any atom is 0.319 e. The van der Waals surface area contributed by atoms with Crippen LogP contribution in [0.3, 0.4) is 0 Å². The van der Waals surface area contributed by atoms with Crippen molar-refractivity contribution in [1.29, 1.82) is 0 Å². The highest BCUT2D eigenvalue weighted by molar-refractivity contribution is 5.77. The first kappa shape index (κ1) is 16.8. The Morgan fingerprint density at radius 3 is 2.05 bits per heavy atom. The quantitative estimate of drug-likeness (QED) is 0.844. The second-order valence-electron chi connectivity index (χ2n) is 5.79. The highest BCUT2D eigenvalue weighted by Gasteiger charge is 2.41. The van der Waals surface area contributed by atoms with Gasteiger partial charge in [0.2, 0.25) is 0 Å². The predicted octanol–water partition coefficient (Wildman–Crippen LogP) is 2.80. The van der Waals surface area contributed by atoms with E-state index < -0.39 is 11.4 Å². The molecule has 0 atom stereocenters. The zero-order valence-electron chi connectivity index (χ0n) is 13.2. The number of hydrogen-bond acceptors (Lipinski definition) is 2. The van der Waals surface area contributed by atoms with Crippen LogP contribution in [0, 0.1) is 5.41 Å². The van der Waals surface area contributed by atoms with Crippen molar-refractivity contribution in [1.82, 2.24) is 9.80 Å². The van der Waals surface area contributed by atoms with E-state index in [1.54, 1.807) is 9.80 Å². The van der Waals surface area contributed by atoms with Crippen LogP contribution in [-0.2, 0) is 4.79 Å². The van der Waals surface area contributed by atoms with Gasteiger partial charge in [-0.2, -0.15) is 0 Å². The molecule has 1 heterocycles. The summed E-state index contributed by atoms with van der Waals surface area (Å²) >= 11 is 0. The lowest BCUT2D eigenvalue weighted by Crippen LogP contribution is -2.51. The Hall–Kier alpha value is -1.26. The second kappa shape index (κ2) is 6.95. The van der Waals surface area contributed by atoms with Gasteiger partial charge in [-0.3, -0.25) is 4.79 Å². The largest absolute Gasteiger partial charge is 0.481 e. The van der Waals surface area contributed by atoms with E-state index in [2.05, 4.69) is 13.8 Å². The number of rotatable bonds is 5. The second-order valence-corrected chi connectivity index (χ2v) is 5.79. The summed E-state index contributed by atoms with van der Waals surface area (Å²) in [7, 11) is 1.85.